The number of aryl methyl sites for hydroxylation is 1. The van der Waals surface area contributed by atoms with Crippen molar-refractivity contribution < 1.29 is 4.74 Å². The summed E-state index contributed by atoms with van der Waals surface area (Å²) in [5, 5.41) is 4.24. The SMILES string of the molecule is COc1c(C(C)C)cc(-c2cnn(C)c2N)cc1C(C)C. The Bertz CT molecular complexity index is 612. The fourth-order valence-electron chi connectivity index (χ4n) is 2.59. The molecule has 0 unspecified atom stereocenters. The van der Waals surface area contributed by atoms with Crippen molar-refractivity contribution in [1.29, 1.82) is 0 Å². The van der Waals surface area contributed by atoms with E-state index in [2.05, 4.69) is 44.9 Å². The topological polar surface area (TPSA) is 53.1 Å². The molecular weight excluding hydrogens is 262 g/mol. The number of rotatable bonds is 4. The van der Waals surface area contributed by atoms with Crippen LogP contribution in [0.4, 0.5) is 5.82 Å². The van der Waals surface area contributed by atoms with E-state index in [0.29, 0.717) is 17.7 Å². The van der Waals surface area contributed by atoms with Crippen LogP contribution >= 0.6 is 0 Å². The molecule has 1 aromatic heterocycles. The molecule has 21 heavy (non-hydrogen) atoms. The van der Waals surface area contributed by atoms with Crippen LogP contribution in [-0.4, -0.2) is 16.9 Å². The molecule has 0 fully saturated rings. The highest BCUT2D eigenvalue weighted by molar-refractivity contribution is 5.76. The number of nitrogens with two attached hydrogens (primary N) is 1. The van der Waals surface area contributed by atoms with Gasteiger partial charge in [-0.25, -0.2) is 0 Å². The van der Waals surface area contributed by atoms with E-state index in [0.717, 1.165) is 16.9 Å². The molecule has 0 saturated heterocycles. The Morgan fingerprint density at radius 3 is 1.95 bits per heavy atom. The molecule has 4 heteroatoms. The summed E-state index contributed by atoms with van der Waals surface area (Å²) in [4.78, 5) is 0. The molecule has 0 spiro atoms. The first-order valence-electron chi connectivity index (χ1n) is 7.36. The molecule has 0 radical (unpaired) electrons. The molecule has 0 bridgehead atoms. The Balaban J connectivity index is 2.71. The highest BCUT2D eigenvalue weighted by Gasteiger charge is 2.18. The molecule has 0 aliphatic carbocycles. The molecule has 1 heterocycles. The van der Waals surface area contributed by atoms with Crippen LogP contribution in [0.25, 0.3) is 11.1 Å². The number of anilines is 1. The van der Waals surface area contributed by atoms with Crippen molar-refractivity contribution in [2.45, 2.75) is 39.5 Å². The first-order valence-corrected chi connectivity index (χ1v) is 7.36. The maximum Gasteiger partial charge on any atom is 0.129 e. The zero-order valence-corrected chi connectivity index (χ0v) is 13.8. The van der Waals surface area contributed by atoms with E-state index < -0.39 is 0 Å². The van der Waals surface area contributed by atoms with Gasteiger partial charge in [-0.05, 0) is 40.7 Å². The average molecular weight is 287 g/mol. The summed E-state index contributed by atoms with van der Waals surface area (Å²) in [5.74, 6) is 2.45. The van der Waals surface area contributed by atoms with Crippen molar-refractivity contribution >= 4 is 5.82 Å². The molecule has 2 aromatic rings. The van der Waals surface area contributed by atoms with E-state index in [1.54, 1.807) is 11.8 Å². The monoisotopic (exact) mass is 287 g/mol. The van der Waals surface area contributed by atoms with Gasteiger partial charge in [0.2, 0.25) is 0 Å². The molecule has 2 N–H and O–H groups in total. The van der Waals surface area contributed by atoms with E-state index >= 15 is 0 Å². The molecule has 0 aliphatic heterocycles. The average Bonchev–Trinajstić information content (AvgIpc) is 2.77. The lowest BCUT2D eigenvalue weighted by Crippen LogP contribution is -2.03. The number of hydrogen-bond acceptors (Lipinski definition) is 3. The maximum atomic E-state index is 6.13. The summed E-state index contributed by atoms with van der Waals surface area (Å²) in [7, 11) is 3.60. The van der Waals surface area contributed by atoms with E-state index in [1.807, 2.05) is 13.2 Å². The van der Waals surface area contributed by atoms with Gasteiger partial charge in [-0.15, -0.1) is 0 Å². The Labute approximate surface area is 126 Å². The van der Waals surface area contributed by atoms with Gasteiger partial charge in [-0.1, -0.05) is 27.7 Å². The first-order chi connectivity index (χ1) is 9.86. The Kier molecular flexibility index (Phi) is 4.26. The van der Waals surface area contributed by atoms with Crippen LogP contribution in [0, 0.1) is 0 Å². The van der Waals surface area contributed by atoms with Crippen molar-refractivity contribution in [2.75, 3.05) is 12.8 Å². The quantitative estimate of drug-likeness (QED) is 0.927. The summed E-state index contributed by atoms with van der Waals surface area (Å²) in [6.07, 6.45) is 1.82. The third-order valence-corrected chi connectivity index (χ3v) is 3.89. The third-order valence-electron chi connectivity index (χ3n) is 3.89. The molecule has 1 aromatic carbocycles. The third kappa shape index (κ3) is 2.75. The van der Waals surface area contributed by atoms with Gasteiger partial charge >= 0.3 is 0 Å². The zero-order chi connectivity index (χ0) is 15.7. The number of hydrogen-bond donors (Lipinski definition) is 1. The van der Waals surface area contributed by atoms with Gasteiger partial charge in [0.15, 0.2) is 0 Å². The molecule has 114 valence electrons. The molecule has 2 rings (SSSR count). The number of benzene rings is 1. The number of nitrogens with zero attached hydrogens (tertiary/aromatic N) is 2. The van der Waals surface area contributed by atoms with E-state index in [1.165, 1.54) is 11.1 Å². The highest BCUT2D eigenvalue weighted by Crippen LogP contribution is 2.39. The van der Waals surface area contributed by atoms with E-state index in [9.17, 15) is 0 Å². The lowest BCUT2D eigenvalue weighted by molar-refractivity contribution is 0.400. The van der Waals surface area contributed by atoms with Gasteiger partial charge in [0.25, 0.3) is 0 Å². The van der Waals surface area contributed by atoms with Crippen LogP contribution < -0.4 is 10.5 Å². The molecule has 0 atom stereocenters. The number of ether oxygens (including phenoxy) is 1. The van der Waals surface area contributed by atoms with Crippen LogP contribution in [0.1, 0.15) is 50.7 Å². The van der Waals surface area contributed by atoms with E-state index in [4.69, 9.17) is 10.5 Å². The number of methoxy groups -OCH3 is 1. The molecule has 0 saturated carbocycles. The minimum absolute atomic E-state index is 0.385. The largest absolute Gasteiger partial charge is 0.496 e. The van der Waals surface area contributed by atoms with Crippen molar-refractivity contribution in [1.82, 2.24) is 9.78 Å². The van der Waals surface area contributed by atoms with Gasteiger partial charge < -0.3 is 10.5 Å². The van der Waals surface area contributed by atoms with Crippen molar-refractivity contribution in [3.8, 4) is 16.9 Å². The maximum absolute atomic E-state index is 6.13. The zero-order valence-electron chi connectivity index (χ0n) is 13.8. The number of aromatic nitrogens is 2. The lowest BCUT2D eigenvalue weighted by Gasteiger charge is -2.20. The van der Waals surface area contributed by atoms with Crippen LogP contribution in [0.5, 0.6) is 5.75 Å². The summed E-state index contributed by atoms with van der Waals surface area (Å²) in [5.41, 5.74) is 10.6. The normalized spacial score (nSPS) is 11.4. The second-order valence-electron chi connectivity index (χ2n) is 6.06. The van der Waals surface area contributed by atoms with Crippen molar-refractivity contribution in [3.05, 3.63) is 29.5 Å². The Hall–Kier alpha value is -1.97. The van der Waals surface area contributed by atoms with Crippen molar-refractivity contribution in [3.63, 3.8) is 0 Å². The van der Waals surface area contributed by atoms with Crippen LogP contribution in [0.15, 0.2) is 18.3 Å². The summed E-state index contributed by atoms with van der Waals surface area (Å²) >= 11 is 0. The highest BCUT2D eigenvalue weighted by atomic mass is 16.5. The minimum atomic E-state index is 0.385. The Morgan fingerprint density at radius 1 is 1.10 bits per heavy atom. The molecule has 0 aliphatic rings. The standard InChI is InChI=1S/C17H25N3O/c1-10(2)13-7-12(15-9-19-20(5)17(15)18)8-14(11(3)4)16(13)21-6/h7-11H,18H2,1-6H3. The van der Waals surface area contributed by atoms with Gasteiger partial charge in [-0.3, -0.25) is 4.68 Å². The number of nitrogen functional groups attached to an aromatic ring is 1. The van der Waals surface area contributed by atoms with Crippen molar-refractivity contribution in [2.24, 2.45) is 7.05 Å². The van der Waals surface area contributed by atoms with E-state index in [-0.39, 0.29) is 0 Å². The van der Waals surface area contributed by atoms with Gasteiger partial charge in [0.1, 0.15) is 11.6 Å². The summed E-state index contributed by atoms with van der Waals surface area (Å²) in [6, 6.07) is 4.34. The summed E-state index contributed by atoms with van der Waals surface area (Å²) in [6.45, 7) is 8.72. The lowest BCUT2D eigenvalue weighted by atomic mass is 9.90. The summed E-state index contributed by atoms with van der Waals surface area (Å²) < 4.78 is 7.37. The molecule has 4 nitrogen and oxygen atoms in total. The van der Waals surface area contributed by atoms with Crippen LogP contribution in [0.2, 0.25) is 0 Å². The predicted octanol–water partition coefficient (Wildman–Crippen LogP) is 3.92. The van der Waals surface area contributed by atoms with Crippen LogP contribution in [0.3, 0.4) is 0 Å². The smallest absolute Gasteiger partial charge is 0.129 e. The first kappa shape index (κ1) is 15.4. The molecular formula is C17H25N3O. The molecule has 0 amide bonds. The second kappa shape index (κ2) is 5.80. The van der Waals surface area contributed by atoms with Gasteiger partial charge in [0, 0.05) is 12.6 Å². The second-order valence-corrected chi connectivity index (χ2v) is 6.06. The van der Waals surface area contributed by atoms with Gasteiger partial charge in [-0.2, -0.15) is 5.10 Å². The Morgan fingerprint density at radius 2 is 1.62 bits per heavy atom. The fourth-order valence-corrected chi connectivity index (χ4v) is 2.59. The van der Waals surface area contributed by atoms with Crippen LogP contribution in [-0.2, 0) is 7.05 Å². The fraction of sp³-hybridized carbons (Fsp3) is 0.471. The van der Waals surface area contributed by atoms with Gasteiger partial charge in [0.05, 0.1) is 13.3 Å². The predicted molar refractivity (Wildman–Crippen MR) is 87.8 cm³/mol. The minimum Gasteiger partial charge on any atom is -0.496 e.